The molecule has 2 N–H and O–H groups in total. The van der Waals surface area contributed by atoms with Gasteiger partial charge in [-0.2, -0.15) is 0 Å². The van der Waals surface area contributed by atoms with Crippen molar-refractivity contribution in [3.05, 3.63) is 29.8 Å². The molecule has 1 aliphatic rings. The molecule has 21 heavy (non-hydrogen) atoms. The van der Waals surface area contributed by atoms with Gasteiger partial charge in [-0.05, 0) is 43.4 Å². The second-order valence-electron chi connectivity index (χ2n) is 5.34. The van der Waals surface area contributed by atoms with Crippen LogP contribution in [0, 0.1) is 0 Å². The Morgan fingerprint density at radius 3 is 2.81 bits per heavy atom. The number of rotatable bonds is 8. The highest BCUT2D eigenvalue weighted by molar-refractivity contribution is 8.77. The fourth-order valence-electron chi connectivity index (χ4n) is 2.32. The van der Waals surface area contributed by atoms with Crippen LogP contribution in [0.2, 0.25) is 0 Å². The van der Waals surface area contributed by atoms with Crippen molar-refractivity contribution in [2.75, 3.05) is 12.3 Å². The maximum Gasteiger partial charge on any atom is 0.220 e. The van der Waals surface area contributed by atoms with Crippen molar-refractivity contribution in [3.8, 4) is 5.75 Å². The van der Waals surface area contributed by atoms with E-state index in [4.69, 9.17) is 0 Å². The highest BCUT2D eigenvalue weighted by Gasteiger charge is 2.15. The molecule has 1 unspecified atom stereocenters. The molecule has 5 heteroatoms. The number of nitrogens with one attached hydrogen (secondary N) is 1. The van der Waals surface area contributed by atoms with Crippen LogP contribution in [0.1, 0.15) is 37.7 Å². The Morgan fingerprint density at radius 1 is 1.29 bits per heavy atom. The van der Waals surface area contributed by atoms with Crippen LogP contribution in [-0.4, -0.2) is 28.6 Å². The summed E-state index contributed by atoms with van der Waals surface area (Å²) in [5.74, 6) is 1.72. The summed E-state index contributed by atoms with van der Waals surface area (Å²) >= 11 is 0. The summed E-state index contributed by atoms with van der Waals surface area (Å²) in [4.78, 5) is 11.7. The number of aromatic hydroxyl groups is 1. The van der Waals surface area contributed by atoms with Gasteiger partial charge in [0.05, 0.1) is 0 Å². The minimum atomic E-state index is 0.155. The van der Waals surface area contributed by atoms with E-state index in [1.165, 1.54) is 18.6 Å². The second-order valence-corrected chi connectivity index (χ2v) is 8.13. The number of amides is 1. The molecule has 1 heterocycles. The molecule has 3 nitrogen and oxygen atoms in total. The van der Waals surface area contributed by atoms with Crippen molar-refractivity contribution in [1.29, 1.82) is 0 Å². The Morgan fingerprint density at radius 2 is 2.10 bits per heavy atom. The van der Waals surface area contributed by atoms with E-state index in [2.05, 4.69) is 5.32 Å². The number of benzene rings is 1. The largest absolute Gasteiger partial charge is 0.508 e. The summed E-state index contributed by atoms with van der Waals surface area (Å²) in [6.45, 7) is 0.665. The van der Waals surface area contributed by atoms with Gasteiger partial charge in [-0.1, -0.05) is 40.1 Å². The first-order valence-corrected chi connectivity index (χ1v) is 9.95. The zero-order valence-electron chi connectivity index (χ0n) is 12.2. The summed E-state index contributed by atoms with van der Waals surface area (Å²) in [7, 11) is 3.99. The van der Waals surface area contributed by atoms with Crippen LogP contribution in [-0.2, 0) is 11.2 Å². The van der Waals surface area contributed by atoms with Gasteiger partial charge in [0.15, 0.2) is 0 Å². The molecular weight excluding hydrogens is 302 g/mol. The molecule has 1 fully saturated rings. The summed E-state index contributed by atoms with van der Waals surface area (Å²) in [6.07, 6.45) is 6.17. The molecule has 1 amide bonds. The monoisotopic (exact) mass is 325 g/mol. The van der Waals surface area contributed by atoms with Crippen molar-refractivity contribution in [1.82, 2.24) is 5.32 Å². The normalized spacial score (nSPS) is 17.8. The fourth-order valence-corrected chi connectivity index (χ4v) is 5.35. The smallest absolute Gasteiger partial charge is 0.220 e. The zero-order chi connectivity index (χ0) is 14.9. The maximum absolute atomic E-state index is 11.7. The first-order valence-electron chi connectivity index (χ1n) is 7.57. The third-order valence-electron chi connectivity index (χ3n) is 3.58. The summed E-state index contributed by atoms with van der Waals surface area (Å²) < 4.78 is 0. The Balaban J connectivity index is 1.50. The lowest BCUT2D eigenvalue weighted by molar-refractivity contribution is -0.121. The first-order chi connectivity index (χ1) is 10.2. The lowest BCUT2D eigenvalue weighted by atomic mass is 10.1. The molecule has 1 aromatic carbocycles. The van der Waals surface area contributed by atoms with Crippen LogP contribution >= 0.6 is 21.6 Å². The van der Waals surface area contributed by atoms with E-state index in [1.807, 2.05) is 33.7 Å². The molecule has 116 valence electrons. The molecule has 1 saturated heterocycles. The number of carbonyl (C=O) groups excluding carboxylic acids is 1. The molecule has 2 rings (SSSR count). The summed E-state index contributed by atoms with van der Waals surface area (Å²) in [5.41, 5.74) is 1.13. The van der Waals surface area contributed by atoms with E-state index in [0.29, 0.717) is 13.0 Å². The molecule has 0 aliphatic carbocycles. The average molecular weight is 325 g/mol. The minimum Gasteiger partial charge on any atom is -0.508 e. The Kier molecular flexibility index (Phi) is 7.30. The number of hydrogen-bond acceptors (Lipinski definition) is 4. The Hall–Kier alpha value is -0.810. The molecule has 0 bridgehead atoms. The SMILES string of the molecule is O=C(CCCCC1CCSS1)NCCc1ccc(O)cc1. The van der Waals surface area contributed by atoms with Gasteiger partial charge in [-0.3, -0.25) is 4.79 Å². The van der Waals surface area contributed by atoms with E-state index >= 15 is 0 Å². The van der Waals surface area contributed by atoms with E-state index in [1.54, 1.807) is 12.1 Å². The van der Waals surface area contributed by atoms with Crippen LogP contribution in [0.25, 0.3) is 0 Å². The predicted octanol–water partition coefficient (Wildman–Crippen LogP) is 3.77. The van der Waals surface area contributed by atoms with Gasteiger partial charge < -0.3 is 10.4 Å². The van der Waals surface area contributed by atoms with E-state index < -0.39 is 0 Å². The standard InChI is InChI=1S/C16H23NO2S2/c18-14-7-5-13(6-8-14)9-11-17-16(19)4-2-1-3-15-10-12-20-21-15/h5-8,15,18H,1-4,9-12H2,(H,17,19). The number of unbranched alkanes of at least 4 members (excludes halogenated alkanes) is 1. The molecule has 1 aromatic rings. The molecule has 1 atom stereocenters. The fraction of sp³-hybridized carbons (Fsp3) is 0.562. The number of hydrogen-bond donors (Lipinski definition) is 2. The third-order valence-corrected chi connectivity index (χ3v) is 6.59. The molecule has 0 radical (unpaired) electrons. The second kappa shape index (κ2) is 9.26. The summed E-state index contributed by atoms with van der Waals surface area (Å²) in [5, 5.41) is 13.0. The van der Waals surface area contributed by atoms with Crippen molar-refractivity contribution in [2.45, 2.75) is 43.8 Å². The molecule has 0 spiro atoms. The highest BCUT2D eigenvalue weighted by Crippen LogP contribution is 2.39. The van der Waals surface area contributed by atoms with Gasteiger partial charge in [-0.15, -0.1) is 0 Å². The van der Waals surface area contributed by atoms with Crippen LogP contribution in [0.5, 0.6) is 5.75 Å². The van der Waals surface area contributed by atoms with Gasteiger partial charge in [0.25, 0.3) is 0 Å². The number of phenolic OH excluding ortho intramolecular Hbond substituents is 1. The van der Waals surface area contributed by atoms with E-state index in [-0.39, 0.29) is 11.7 Å². The van der Waals surface area contributed by atoms with Crippen LogP contribution in [0.4, 0.5) is 0 Å². The average Bonchev–Trinajstić information content (AvgIpc) is 2.99. The molecule has 1 aliphatic heterocycles. The topological polar surface area (TPSA) is 49.3 Å². The van der Waals surface area contributed by atoms with E-state index in [0.717, 1.165) is 30.1 Å². The van der Waals surface area contributed by atoms with Crippen molar-refractivity contribution in [3.63, 3.8) is 0 Å². The van der Waals surface area contributed by atoms with Gasteiger partial charge in [-0.25, -0.2) is 0 Å². The minimum absolute atomic E-state index is 0.155. The summed E-state index contributed by atoms with van der Waals surface area (Å²) in [6, 6.07) is 7.13. The van der Waals surface area contributed by atoms with Crippen molar-refractivity contribution < 1.29 is 9.90 Å². The van der Waals surface area contributed by atoms with Gasteiger partial charge >= 0.3 is 0 Å². The Bertz CT molecular complexity index is 430. The lowest BCUT2D eigenvalue weighted by Gasteiger charge is -2.07. The van der Waals surface area contributed by atoms with Crippen LogP contribution in [0.15, 0.2) is 24.3 Å². The molecule has 0 aromatic heterocycles. The lowest BCUT2D eigenvalue weighted by Crippen LogP contribution is -2.25. The molecular formula is C16H23NO2S2. The third kappa shape index (κ3) is 6.66. The van der Waals surface area contributed by atoms with E-state index in [9.17, 15) is 9.90 Å². The maximum atomic E-state index is 11.7. The van der Waals surface area contributed by atoms with Crippen LogP contribution in [0.3, 0.4) is 0 Å². The van der Waals surface area contributed by atoms with Gasteiger partial charge in [0.2, 0.25) is 5.91 Å². The van der Waals surface area contributed by atoms with Crippen molar-refractivity contribution in [2.24, 2.45) is 0 Å². The van der Waals surface area contributed by atoms with Crippen molar-refractivity contribution >= 4 is 27.5 Å². The van der Waals surface area contributed by atoms with Gasteiger partial charge in [0, 0.05) is 24.0 Å². The Labute approximate surface area is 134 Å². The quantitative estimate of drug-likeness (QED) is 0.564. The predicted molar refractivity (Wildman–Crippen MR) is 91.7 cm³/mol. The van der Waals surface area contributed by atoms with Crippen LogP contribution < -0.4 is 5.32 Å². The zero-order valence-corrected chi connectivity index (χ0v) is 13.8. The molecule has 0 saturated carbocycles. The number of carbonyl (C=O) groups is 1. The first kappa shape index (κ1) is 16.6. The highest BCUT2D eigenvalue weighted by atomic mass is 33.1. The van der Waals surface area contributed by atoms with Gasteiger partial charge in [0.1, 0.15) is 5.75 Å². The number of phenols is 1.